The van der Waals surface area contributed by atoms with Gasteiger partial charge in [0.2, 0.25) is 0 Å². The number of fused-ring (bicyclic) bond motifs is 1. The highest BCUT2D eigenvalue weighted by molar-refractivity contribution is 9.13. The van der Waals surface area contributed by atoms with Crippen LogP contribution in [0.25, 0.3) is 5.57 Å². The number of rotatable bonds is 5. The minimum atomic E-state index is -1.22. The van der Waals surface area contributed by atoms with Gasteiger partial charge in [-0.3, -0.25) is 9.59 Å². The molecular formula is C31H24Br2O4. The molecule has 3 atom stereocenters. The number of phenols is 1. The summed E-state index contributed by atoms with van der Waals surface area (Å²) in [5, 5.41) is 10.6. The lowest BCUT2D eigenvalue weighted by Crippen LogP contribution is -2.54. The summed E-state index contributed by atoms with van der Waals surface area (Å²) in [6.07, 6.45) is 5.66. The summed E-state index contributed by atoms with van der Waals surface area (Å²) < 4.78 is 6.46. The smallest absolute Gasteiger partial charge is 0.173 e. The summed E-state index contributed by atoms with van der Waals surface area (Å²) in [7, 11) is 1.48. The molecule has 6 heteroatoms. The van der Waals surface area contributed by atoms with Crippen LogP contribution in [0.4, 0.5) is 0 Å². The van der Waals surface area contributed by atoms with Gasteiger partial charge in [0, 0.05) is 21.9 Å². The monoisotopic (exact) mass is 618 g/mol. The number of methoxy groups -OCH3 is 1. The van der Waals surface area contributed by atoms with E-state index in [0.29, 0.717) is 26.5 Å². The van der Waals surface area contributed by atoms with Crippen LogP contribution in [-0.2, 0) is 15.0 Å². The number of carbonyl (C=O) groups is 2. The van der Waals surface area contributed by atoms with Crippen molar-refractivity contribution in [3.8, 4) is 11.5 Å². The second-order valence-electron chi connectivity index (χ2n) is 9.16. The first-order chi connectivity index (χ1) is 17.9. The Morgan fingerprint density at radius 3 is 2.30 bits per heavy atom. The molecule has 0 heterocycles. The van der Waals surface area contributed by atoms with Crippen LogP contribution in [0.2, 0.25) is 0 Å². The molecule has 0 aromatic heterocycles. The molecule has 2 aliphatic rings. The molecule has 3 aromatic carbocycles. The topological polar surface area (TPSA) is 63.6 Å². The standard InChI is InChI=1S/C31H24Br2O4/c1-3-18-14-15-23-29(35)21(19-10-6-4-7-11-19)17-25(34)31(23,20-12-8-5-9-13-20)26(18)22-16-24(37-2)30(36)28(33)27(22)32/h3-14,16-17,23,26,36H,1,15H2,2H3. The quantitative estimate of drug-likeness (QED) is 0.325. The van der Waals surface area contributed by atoms with E-state index in [9.17, 15) is 14.7 Å². The minimum Gasteiger partial charge on any atom is -0.503 e. The highest BCUT2D eigenvalue weighted by atomic mass is 79.9. The molecule has 4 nitrogen and oxygen atoms in total. The Balaban J connectivity index is 1.86. The number of ether oxygens (including phenoxy) is 1. The van der Waals surface area contributed by atoms with Gasteiger partial charge in [-0.15, -0.1) is 0 Å². The Bertz CT molecular complexity index is 1470. The van der Waals surface area contributed by atoms with E-state index in [4.69, 9.17) is 4.74 Å². The zero-order valence-corrected chi connectivity index (χ0v) is 23.3. The van der Waals surface area contributed by atoms with E-state index < -0.39 is 17.3 Å². The van der Waals surface area contributed by atoms with E-state index in [1.807, 2.05) is 66.7 Å². The molecule has 0 spiro atoms. The lowest BCUT2D eigenvalue weighted by Gasteiger charge is -2.50. The van der Waals surface area contributed by atoms with Gasteiger partial charge in [-0.25, -0.2) is 0 Å². The van der Waals surface area contributed by atoms with Gasteiger partial charge in [0.05, 0.1) is 17.0 Å². The number of benzene rings is 3. The van der Waals surface area contributed by atoms with E-state index in [-0.39, 0.29) is 23.1 Å². The molecular weight excluding hydrogens is 596 g/mol. The number of hydrogen-bond acceptors (Lipinski definition) is 4. The third kappa shape index (κ3) is 3.85. The van der Waals surface area contributed by atoms with Gasteiger partial charge in [-0.05, 0) is 72.7 Å². The SMILES string of the molecule is C=CC1=CCC2C(=O)C(c3ccccc3)=CC(=O)C2(c2ccccc2)C1c1cc(OC)c(O)c(Br)c1Br. The van der Waals surface area contributed by atoms with Gasteiger partial charge in [-0.1, -0.05) is 79.4 Å². The van der Waals surface area contributed by atoms with Crippen LogP contribution in [0.5, 0.6) is 11.5 Å². The van der Waals surface area contributed by atoms with Gasteiger partial charge in [0.15, 0.2) is 23.1 Å². The maximum atomic E-state index is 14.5. The molecule has 0 fully saturated rings. The number of allylic oxidation sites excluding steroid dienone is 5. The molecule has 0 radical (unpaired) electrons. The van der Waals surface area contributed by atoms with Crippen molar-refractivity contribution in [1.82, 2.24) is 0 Å². The van der Waals surface area contributed by atoms with E-state index in [0.717, 1.165) is 16.7 Å². The molecule has 2 aliphatic carbocycles. The second-order valence-corrected chi connectivity index (χ2v) is 10.7. The van der Waals surface area contributed by atoms with Gasteiger partial charge < -0.3 is 9.84 Å². The summed E-state index contributed by atoms with van der Waals surface area (Å²) >= 11 is 7.12. The molecule has 0 amide bonds. The van der Waals surface area contributed by atoms with E-state index >= 15 is 0 Å². The fourth-order valence-electron chi connectivity index (χ4n) is 5.83. The van der Waals surface area contributed by atoms with Crippen LogP contribution >= 0.6 is 31.9 Å². The lowest BCUT2D eigenvalue weighted by molar-refractivity contribution is -0.131. The van der Waals surface area contributed by atoms with Gasteiger partial charge >= 0.3 is 0 Å². The maximum absolute atomic E-state index is 14.5. The van der Waals surface area contributed by atoms with Crippen LogP contribution in [0.15, 0.2) is 106 Å². The average molecular weight is 620 g/mol. The summed E-state index contributed by atoms with van der Waals surface area (Å²) in [4.78, 5) is 28.8. The molecule has 186 valence electrons. The fraction of sp³-hybridized carbons (Fsp3) is 0.161. The highest BCUT2D eigenvalue weighted by Gasteiger charge is 2.59. The average Bonchev–Trinajstić information content (AvgIpc) is 2.94. The Morgan fingerprint density at radius 2 is 1.68 bits per heavy atom. The van der Waals surface area contributed by atoms with Gasteiger partial charge in [0.25, 0.3) is 0 Å². The number of Topliss-reactive ketones (excluding diaryl/α,β-unsaturated/α-hetero) is 1. The van der Waals surface area contributed by atoms with E-state index in [1.165, 1.54) is 13.2 Å². The van der Waals surface area contributed by atoms with Crippen LogP contribution in [0.1, 0.15) is 29.0 Å². The van der Waals surface area contributed by atoms with Crippen LogP contribution in [0.3, 0.4) is 0 Å². The minimum absolute atomic E-state index is 0.0549. The Morgan fingerprint density at radius 1 is 1.03 bits per heavy atom. The molecule has 1 N–H and O–H groups in total. The molecule has 0 aliphatic heterocycles. The van der Waals surface area contributed by atoms with Crippen molar-refractivity contribution in [3.63, 3.8) is 0 Å². The number of hydrogen-bond donors (Lipinski definition) is 1. The van der Waals surface area contributed by atoms with Crippen molar-refractivity contribution in [3.05, 3.63) is 123 Å². The molecule has 5 rings (SSSR count). The lowest BCUT2D eigenvalue weighted by atomic mass is 9.50. The summed E-state index contributed by atoms with van der Waals surface area (Å²) in [5.74, 6) is -1.22. The fourth-order valence-corrected chi connectivity index (χ4v) is 6.79. The maximum Gasteiger partial charge on any atom is 0.173 e. The number of ketones is 2. The first kappa shape index (κ1) is 25.4. The number of halogens is 2. The van der Waals surface area contributed by atoms with Crippen molar-refractivity contribution >= 4 is 49.0 Å². The van der Waals surface area contributed by atoms with Crippen molar-refractivity contribution in [2.45, 2.75) is 17.8 Å². The predicted molar refractivity (Wildman–Crippen MR) is 152 cm³/mol. The van der Waals surface area contributed by atoms with Gasteiger partial charge in [0.1, 0.15) is 0 Å². The third-order valence-electron chi connectivity index (χ3n) is 7.47. The normalized spacial score (nSPS) is 23.1. The summed E-state index contributed by atoms with van der Waals surface area (Å²) in [6, 6.07) is 20.6. The number of carbonyl (C=O) groups excluding carboxylic acids is 2. The third-order valence-corrected chi connectivity index (χ3v) is 9.63. The molecule has 37 heavy (non-hydrogen) atoms. The Hall–Kier alpha value is -3.22. The zero-order chi connectivity index (χ0) is 26.3. The molecule has 3 unspecified atom stereocenters. The number of aromatic hydroxyl groups is 1. The second kappa shape index (κ2) is 9.92. The first-order valence-corrected chi connectivity index (χ1v) is 13.4. The van der Waals surface area contributed by atoms with Crippen LogP contribution in [0, 0.1) is 5.92 Å². The van der Waals surface area contributed by atoms with E-state index in [2.05, 4.69) is 38.4 Å². The number of phenolic OH excluding ortho intramolecular Hbond substituents is 1. The molecule has 0 saturated carbocycles. The Labute approximate surface area is 232 Å². The highest BCUT2D eigenvalue weighted by Crippen LogP contribution is 2.59. The largest absolute Gasteiger partial charge is 0.503 e. The first-order valence-electron chi connectivity index (χ1n) is 11.8. The molecule has 0 saturated heterocycles. The summed E-state index contributed by atoms with van der Waals surface area (Å²) in [5.41, 5.74) is 2.23. The predicted octanol–water partition coefficient (Wildman–Crippen LogP) is 7.32. The van der Waals surface area contributed by atoms with Crippen molar-refractivity contribution in [2.24, 2.45) is 5.92 Å². The zero-order valence-electron chi connectivity index (χ0n) is 20.1. The van der Waals surface area contributed by atoms with Crippen molar-refractivity contribution in [1.29, 1.82) is 0 Å². The van der Waals surface area contributed by atoms with E-state index in [1.54, 1.807) is 12.1 Å². The van der Waals surface area contributed by atoms with Crippen molar-refractivity contribution in [2.75, 3.05) is 7.11 Å². The summed E-state index contributed by atoms with van der Waals surface area (Å²) in [6.45, 7) is 4.05. The van der Waals surface area contributed by atoms with Crippen molar-refractivity contribution < 1.29 is 19.4 Å². The van der Waals surface area contributed by atoms with Gasteiger partial charge in [-0.2, -0.15) is 0 Å². The van der Waals surface area contributed by atoms with Crippen LogP contribution in [-0.4, -0.2) is 23.8 Å². The van der Waals surface area contributed by atoms with Crippen LogP contribution < -0.4 is 4.74 Å². The Kier molecular flexibility index (Phi) is 6.82. The molecule has 0 bridgehead atoms. The molecule has 3 aromatic rings.